The average Bonchev–Trinajstić information content (AvgIpc) is 2.82. The lowest BCUT2D eigenvalue weighted by Crippen LogP contribution is -2.31. The largest absolute Gasteiger partial charge is 0.504 e. The van der Waals surface area contributed by atoms with Gasteiger partial charge in [-0.05, 0) is 36.2 Å². The molecule has 3 N–H and O–H groups in total. The highest BCUT2D eigenvalue weighted by atomic mass is 35.5. The van der Waals surface area contributed by atoms with Crippen LogP contribution in [0.2, 0.25) is 5.02 Å². The van der Waals surface area contributed by atoms with Gasteiger partial charge in [-0.1, -0.05) is 47.6 Å². The zero-order valence-corrected chi connectivity index (χ0v) is 20.2. The van der Waals surface area contributed by atoms with E-state index in [-0.39, 0.29) is 22.6 Å². The lowest BCUT2D eigenvalue weighted by atomic mass is 9.82. The Kier molecular flexibility index (Phi) is 6.85. The molecule has 0 fully saturated rings. The number of carbonyl (C=O) groups is 1. The number of hydrogen-bond acceptors (Lipinski definition) is 8. The topological polar surface area (TPSA) is 114 Å². The van der Waals surface area contributed by atoms with E-state index in [0.29, 0.717) is 33.0 Å². The van der Waals surface area contributed by atoms with Gasteiger partial charge in [-0.2, -0.15) is 0 Å². The summed E-state index contributed by atoms with van der Waals surface area (Å²) in [5.41, 5.74) is 2.13. The van der Waals surface area contributed by atoms with Crippen molar-refractivity contribution in [3.05, 3.63) is 85.8 Å². The van der Waals surface area contributed by atoms with Gasteiger partial charge in [0.1, 0.15) is 5.82 Å². The monoisotopic (exact) mass is 499 g/mol. The van der Waals surface area contributed by atoms with Gasteiger partial charge in [-0.25, -0.2) is 9.78 Å². The van der Waals surface area contributed by atoms with Gasteiger partial charge in [-0.3, -0.25) is 4.79 Å². The number of rotatable bonds is 6. The predicted molar refractivity (Wildman–Crippen MR) is 131 cm³/mol. The number of fused-ring (bicyclic) bond motifs is 1. The van der Waals surface area contributed by atoms with Gasteiger partial charge in [-0.15, -0.1) is 0 Å². The zero-order valence-electron chi connectivity index (χ0n) is 18.6. The molecule has 1 atom stereocenters. The first-order chi connectivity index (χ1) is 16.3. The van der Waals surface area contributed by atoms with Crippen molar-refractivity contribution in [3.8, 4) is 11.5 Å². The van der Waals surface area contributed by atoms with Crippen molar-refractivity contribution < 1.29 is 19.4 Å². The van der Waals surface area contributed by atoms with E-state index in [1.54, 1.807) is 25.1 Å². The summed E-state index contributed by atoms with van der Waals surface area (Å²) < 4.78 is 10.2. The maximum absolute atomic E-state index is 13.3. The minimum atomic E-state index is -0.780. The van der Waals surface area contributed by atoms with E-state index in [0.717, 1.165) is 5.56 Å². The van der Waals surface area contributed by atoms with E-state index >= 15 is 0 Å². The number of benzene rings is 2. The highest BCUT2D eigenvalue weighted by molar-refractivity contribution is 7.98. The number of anilines is 1. The summed E-state index contributed by atoms with van der Waals surface area (Å²) in [6, 6.07) is 12.1. The van der Waals surface area contributed by atoms with Crippen molar-refractivity contribution >= 4 is 35.1 Å². The first-order valence-electron chi connectivity index (χ1n) is 10.3. The number of nitrogens with zero attached hydrogens (tertiary/aromatic N) is 1. The lowest BCUT2D eigenvalue weighted by molar-refractivity contribution is -0.136. The number of phenols is 1. The third-order valence-corrected chi connectivity index (χ3v) is 6.78. The maximum Gasteiger partial charge on any atom is 0.336 e. The number of H-pyrrole nitrogens is 1. The van der Waals surface area contributed by atoms with Gasteiger partial charge in [0, 0.05) is 16.5 Å². The van der Waals surface area contributed by atoms with Crippen molar-refractivity contribution in [2.24, 2.45) is 0 Å². The molecule has 8 nitrogen and oxygen atoms in total. The van der Waals surface area contributed by atoms with Crippen LogP contribution in [0.15, 0.2) is 63.7 Å². The number of aromatic amines is 1. The fourth-order valence-corrected chi connectivity index (χ4v) is 4.99. The minimum absolute atomic E-state index is 0.0564. The summed E-state index contributed by atoms with van der Waals surface area (Å²) in [5, 5.41) is 14.2. The fraction of sp³-hybridized carbons (Fsp3) is 0.208. The Morgan fingerprint density at radius 1 is 1.24 bits per heavy atom. The molecule has 0 saturated carbocycles. The molecular formula is C24H22ClN3O5S. The van der Waals surface area contributed by atoms with Crippen LogP contribution in [-0.4, -0.2) is 35.3 Å². The third kappa shape index (κ3) is 4.49. The van der Waals surface area contributed by atoms with Crippen molar-refractivity contribution in [1.29, 1.82) is 0 Å². The second-order valence-corrected chi connectivity index (χ2v) is 8.90. The van der Waals surface area contributed by atoms with Crippen LogP contribution in [0.1, 0.15) is 29.5 Å². The van der Waals surface area contributed by atoms with Crippen molar-refractivity contribution in [2.75, 3.05) is 19.5 Å². The molecule has 4 rings (SSSR count). The first kappa shape index (κ1) is 23.7. The number of nitrogens with one attached hydrogen (secondary N) is 2. The second-order valence-electron chi connectivity index (χ2n) is 7.53. The highest BCUT2D eigenvalue weighted by Crippen LogP contribution is 2.42. The molecule has 0 bridgehead atoms. The van der Waals surface area contributed by atoms with Crippen molar-refractivity contribution in [3.63, 3.8) is 0 Å². The van der Waals surface area contributed by atoms with Gasteiger partial charge in [0.2, 0.25) is 0 Å². The number of aromatic hydroxyl groups is 1. The van der Waals surface area contributed by atoms with Gasteiger partial charge in [0.05, 0.1) is 31.3 Å². The second kappa shape index (κ2) is 9.82. The number of phenolic OH excluding ortho intramolecular Hbond substituents is 1. The zero-order chi connectivity index (χ0) is 24.4. The standard InChI is InChI=1S/C24H22ClN3O5S/c1-12-18(23(31)33-3)19(13-8-9-16(29)17(10-13)32-2)20-21(26-12)27-24(28-22(20)30)34-11-14-6-4-5-7-15(14)25/h4-10,19,29H,11H2,1-3H3,(H2,26,27,28,30). The summed E-state index contributed by atoms with van der Waals surface area (Å²) in [4.78, 5) is 33.4. The molecule has 1 unspecified atom stereocenters. The van der Waals surface area contributed by atoms with Gasteiger partial charge < -0.3 is 24.9 Å². The molecule has 0 spiro atoms. The van der Waals surface area contributed by atoms with E-state index in [9.17, 15) is 14.7 Å². The molecule has 3 aromatic rings. The molecule has 0 saturated heterocycles. The predicted octanol–water partition coefficient (Wildman–Crippen LogP) is 4.43. The van der Waals surface area contributed by atoms with Crippen LogP contribution in [0.25, 0.3) is 0 Å². The molecule has 1 aliphatic rings. The third-order valence-electron chi connectivity index (χ3n) is 5.49. The fourth-order valence-electron chi connectivity index (χ4n) is 3.85. The smallest absolute Gasteiger partial charge is 0.336 e. The Morgan fingerprint density at radius 3 is 2.71 bits per heavy atom. The molecule has 2 aromatic carbocycles. The average molecular weight is 500 g/mol. The molecule has 2 heterocycles. The molecule has 1 aromatic heterocycles. The first-order valence-corrected chi connectivity index (χ1v) is 11.6. The molecule has 176 valence electrons. The summed E-state index contributed by atoms with van der Waals surface area (Å²) in [7, 11) is 2.71. The number of halogens is 1. The van der Waals surface area contributed by atoms with Crippen LogP contribution in [0.4, 0.5) is 5.82 Å². The van der Waals surface area contributed by atoms with E-state index in [4.69, 9.17) is 21.1 Å². The van der Waals surface area contributed by atoms with E-state index in [1.807, 2.05) is 18.2 Å². The molecule has 0 amide bonds. The number of esters is 1. The summed E-state index contributed by atoms with van der Waals surface area (Å²) in [6.45, 7) is 1.72. The van der Waals surface area contributed by atoms with Crippen LogP contribution >= 0.6 is 23.4 Å². The number of thioether (sulfide) groups is 1. The van der Waals surface area contributed by atoms with Crippen LogP contribution in [0.3, 0.4) is 0 Å². The number of methoxy groups -OCH3 is 2. The summed E-state index contributed by atoms with van der Waals surface area (Å²) >= 11 is 7.58. The molecule has 10 heteroatoms. The van der Waals surface area contributed by atoms with E-state index in [1.165, 1.54) is 32.0 Å². The quantitative estimate of drug-likeness (QED) is 0.259. The molecule has 34 heavy (non-hydrogen) atoms. The number of aromatic nitrogens is 2. The maximum atomic E-state index is 13.3. The Labute approximate surface area is 205 Å². The minimum Gasteiger partial charge on any atom is -0.504 e. The number of allylic oxidation sites excluding steroid dienone is 1. The summed E-state index contributed by atoms with van der Waals surface area (Å²) in [5.74, 6) is -0.342. The van der Waals surface area contributed by atoms with Crippen LogP contribution < -0.4 is 15.6 Å². The molecule has 0 aliphatic carbocycles. The van der Waals surface area contributed by atoms with E-state index < -0.39 is 17.4 Å². The highest BCUT2D eigenvalue weighted by Gasteiger charge is 2.36. The SMILES string of the molecule is COC(=O)C1=C(C)Nc2nc(SCc3ccccc3Cl)[nH]c(=O)c2C1c1ccc(O)c(OC)c1. The van der Waals surface area contributed by atoms with Crippen LogP contribution in [0.5, 0.6) is 11.5 Å². The van der Waals surface area contributed by atoms with Gasteiger partial charge in [0.25, 0.3) is 5.56 Å². The molecule has 1 aliphatic heterocycles. The van der Waals surface area contributed by atoms with E-state index in [2.05, 4.69) is 15.3 Å². The van der Waals surface area contributed by atoms with Crippen LogP contribution in [-0.2, 0) is 15.3 Å². The Bertz CT molecular complexity index is 1350. The Balaban J connectivity index is 1.79. The Hall–Kier alpha value is -3.43. The van der Waals surface area contributed by atoms with Crippen molar-refractivity contribution in [2.45, 2.75) is 23.8 Å². The normalized spacial score (nSPS) is 14.9. The van der Waals surface area contributed by atoms with Gasteiger partial charge in [0.15, 0.2) is 16.7 Å². The lowest BCUT2D eigenvalue weighted by Gasteiger charge is -2.28. The number of ether oxygens (including phenoxy) is 2. The summed E-state index contributed by atoms with van der Waals surface area (Å²) in [6.07, 6.45) is 0. The molecular weight excluding hydrogens is 478 g/mol. The number of carbonyl (C=O) groups excluding carboxylic acids is 1. The molecule has 0 radical (unpaired) electrons. The number of hydrogen-bond donors (Lipinski definition) is 3. The van der Waals surface area contributed by atoms with Crippen molar-refractivity contribution in [1.82, 2.24) is 9.97 Å². The van der Waals surface area contributed by atoms with Crippen LogP contribution in [0, 0.1) is 0 Å². The van der Waals surface area contributed by atoms with Gasteiger partial charge >= 0.3 is 5.97 Å². The Morgan fingerprint density at radius 2 is 2.00 bits per heavy atom.